The van der Waals surface area contributed by atoms with Crippen LogP contribution in [0.3, 0.4) is 0 Å². The van der Waals surface area contributed by atoms with Crippen LogP contribution < -0.4 is 10.6 Å². The zero-order chi connectivity index (χ0) is 14.3. The predicted molar refractivity (Wildman–Crippen MR) is 79.2 cm³/mol. The molecule has 0 fully saturated rings. The van der Waals surface area contributed by atoms with E-state index in [1.54, 1.807) is 12.0 Å². The predicted octanol–water partition coefficient (Wildman–Crippen LogP) is 2.68. The Kier molecular flexibility index (Phi) is 6.36. The third kappa shape index (κ3) is 4.56. The van der Waals surface area contributed by atoms with Crippen molar-refractivity contribution in [3.05, 3.63) is 24.3 Å². The summed E-state index contributed by atoms with van der Waals surface area (Å²) in [5.74, 6) is 0.311. The molecule has 0 saturated carbocycles. The number of ether oxygens (including phenoxy) is 1. The number of methoxy groups -OCH3 is 1. The highest BCUT2D eigenvalue weighted by molar-refractivity contribution is 5.96. The van der Waals surface area contributed by atoms with Crippen LogP contribution in [-0.2, 0) is 9.53 Å². The van der Waals surface area contributed by atoms with Crippen molar-refractivity contribution in [3.8, 4) is 0 Å². The van der Waals surface area contributed by atoms with Crippen LogP contribution >= 0.6 is 0 Å². The number of anilines is 2. The molecule has 0 aliphatic carbocycles. The molecule has 106 valence electrons. The van der Waals surface area contributed by atoms with Gasteiger partial charge in [0.05, 0.1) is 11.4 Å². The molecule has 0 aromatic heterocycles. The molecule has 0 bridgehead atoms. The summed E-state index contributed by atoms with van der Waals surface area (Å²) in [4.78, 5) is 14.2. The summed E-state index contributed by atoms with van der Waals surface area (Å²) in [7, 11) is 1.65. The summed E-state index contributed by atoms with van der Waals surface area (Å²) in [5, 5.41) is 0. The van der Waals surface area contributed by atoms with Gasteiger partial charge in [0.15, 0.2) is 0 Å². The molecule has 1 aromatic carbocycles. The van der Waals surface area contributed by atoms with Crippen molar-refractivity contribution in [2.45, 2.75) is 26.7 Å². The topological polar surface area (TPSA) is 55.6 Å². The Balaban J connectivity index is 2.83. The van der Waals surface area contributed by atoms with Gasteiger partial charge in [0, 0.05) is 26.7 Å². The molecule has 1 amide bonds. The minimum Gasteiger partial charge on any atom is -0.397 e. The van der Waals surface area contributed by atoms with Gasteiger partial charge in [-0.3, -0.25) is 4.79 Å². The molecule has 1 aromatic rings. The lowest BCUT2D eigenvalue weighted by Crippen LogP contribution is -2.33. The Labute approximate surface area is 115 Å². The second-order valence-corrected chi connectivity index (χ2v) is 4.87. The number of para-hydroxylation sites is 2. The number of hydrogen-bond donors (Lipinski definition) is 1. The van der Waals surface area contributed by atoms with Crippen molar-refractivity contribution >= 4 is 17.3 Å². The van der Waals surface area contributed by atoms with E-state index in [4.69, 9.17) is 10.5 Å². The molecule has 19 heavy (non-hydrogen) atoms. The lowest BCUT2D eigenvalue weighted by atomic mass is 10.1. The van der Waals surface area contributed by atoms with Crippen LogP contribution in [0.25, 0.3) is 0 Å². The van der Waals surface area contributed by atoms with Crippen LogP contribution in [0.1, 0.15) is 26.7 Å². The molecule has 2 N–H and O–H groups in total. The standard InChI is InChI=1S/C15H24N2O2/c1-4-9-17(14-8-6-5-7-13(14)16)15(18)10-12(2)11-19-3/h5-8,12H,4,9-11,16H2,1-3H3. The molecule has 0 aliphatic heterocycles. The summed E-state index contributed by atoms with van der Waals surface area (Å²) in [5.41, 5.74) is 7.41. The summed E-state index contributed by atoms with van der Waals surface area (Å²) < 4.78 is 5.08. The van der Waals surface area contributed by atoms with E-state index >= 15 is 0 Å². The highest BCUT2D eigenvalue weighted by Gasteiger charge is 2.19. The Hall–Kier alpha value is -1.55. The van der Waals surface area contributed by atoms with Crippen molar-refractivity contribution in [1.82, 2.24) is 0 Å². The number of nitrogens with two attached hydrogens (primary N) is 1. The molecular formula is C15H24N2O2. The Morgan fingerprint density at radius 3 is 2.68 bits per heavy atom. The molecule has 4 nitrogen and oxygen atoms in total. The van der Waals surface area contributed by atoms with Gasteiger partial charge >= 0.3 is 0 Å². The molecule has 1 unspecified atom stereocenters. The molecule has 1 rings (SSSR count). The first-order valence-electron chi connectivity index (χ1n) is 6.74. The van der Waals surface area contributed by atoms with Crippen molar-refractivity contribution < 1.29 is 9.53 Å². The largest absolute Gasteiger partial charge is 0.397 e. The van der Waals surface area contributed by atoms with Gasteiger partial charge in [-0.2, -0.15) is 0 Å². The Morgan fingerprint density at radius 2 is 2.11 bits per heavy atom. The third-order valence-electron chi connectivity index (χ3n) is 2.95. The molecule has 0 spiro atoms. The first-order valence-corrected chi connectivity index (χ1v) is 6.74. The summed E-state index contributed by atoms with van der Waals surface area (Å²) >= 11 is 0. The average molecular weight is 264 g/mol. The minimum absolute atomic E-state index is 0.101. The molecule has 0 radical (unpaired) electrons. The normalized spacial score (nSPS) is 12.2. The summed E-state index contributed by atoms with van der Waals surface area (Å²) in [6, 6.07) is 7.49. The van der Waals surface area contributed by atoms with E-state index in [0.717, 1.165) is 12.1 Å². The highest BCUT2D eigenvalue weighted by atomic mass is 16.5. The van der Waals surface area contributed by atoms with Gasteiger partial charge in [-0.1, -0.05) is 26.0 Å². The fourth-order valence-corrected chi connectivity index (χ4v) is 2.09. The van der Waals surface area contributed by atoms with Crippen LogP contribution in [0.2, 0.25) is 0 Å². The van der Waals surface area contributed by atoms with E-state index < -0.39 is 0 Å². The van der Waals surface area contributed by atoms with Crippen LogP contribution in [0.4, 0.5) is 11.4 Å². The van der Waals surface area contributed by atoms with Crippen molar-refractivity contribution in [1.29, 1.82) is 0 Å². The van der Waals surface area contributed by atoms with Gasteiger partial charge in [0.2, 0.25) is 5.91 Å². The van der Waals surface area contributed by atoms with Crippen LogP contribution in [-0.4, -0.2) is 26.2 Å². The average Bonchev–Trinajstić information content (AvgIpc) is 2.37. The molecule has 0 heterocycles. The fraction of sp³-hybridized carbons (Fsp3) is 0.533. The Bertz CT molecular complexity index is 407. The molecular weight excluding hydrogens is 240 g/mol. The van der Waals surface area contributed by atoms with E-state index in [-0.39, 0.29) is 11.8 Å². The quantitative estimate of drug-likeness (QED) is 0.770. The van der Waals surface area contributed by atoms with Gasteiger partial charge in [-0.15, -0.1) is 0 Å². The van der Waals surface area contributed by atoms with Crippen LogP contribution in [0.15, 0.2) is 24.3 Å². The van der Waals surface area contributed by atoms with Crippen molar-refractivity contribution in [2.75, 3.05) is 30.9 Å². The number of carbonyl (C=O) groups excluding carboxylic acids is 1. The maximum Gasteiger partial charge on any atom is 0.227 e. The molecule has 0 aliphatic rings. The number of nitrogen functional groups attached to an aromatic ring is 1. The van der Waals surface area contributed by atoms with E-state index in [1.807, 2.05) is 31.2 Å². The SMILES string of the molecule is CCCN(C(=O)CC(C)COC)c1ccccc1N. The minimum atomic E-state index is 0.101. The fourth-order valence-electron chi connectivity index (χ4n) is 2.09. The monoisotopic (exact) mass is 264 g/mol. The Morgan fingerprint density at radius 1 is 1.42 bits per heavy atom. The van der Waals surface area contributed by atoms with Crippen LogP contribution in [0.5, 0.6) is 0 Å². The number of benzene rings is 1. The first kappa shape index (κ1) is 15.5. The van der Waals surface area contributed by atoms with E-state index in [0.29, 0.717) is 25.3 Å². The smallest absolute Gasteiger partial charge is 0.227 e. The second-order valence-electron chi connectivity index (χ2n) is 4.87. The van der Waals surface area contributed by atoms with Crippen LogP contribution in [0, 0.1) is 5.92 Å². The zero-order valence-electron chi connectivity index (χ0n) is 12.1. The number of hydrogen-bond acceptors (Lipinski definition) is 3. The summed E-state index contributed by atoms with van der Waals surface area (Å²) in [6.07, 6.45) is 1.38. The zero-order valence-corrected chi connectivity index (χ0v) is 12.1. The van der Waals surface area contributed by atoms with E-state index in [1.165, 1.54) is 0 Å². The number of rotatable bonds is 7. The number of amides is 1. The van der Waals surface area contributed by atoms with Gasteiger partial charge in [-0.05, 0) is 24.5 Å². The lowest BCUT2D eigenvalue weighted by Gasteiger charge is -2.25. The third-order valence-corrected chi connectivity index (χ3v) is 2.95. The summed E-state index contributed by atoms with van der Waals surface area (Å²) in [6.45, 7) is 5.35. The van der Waals surface area contributed by atoms with Gasteiger partial charge < -0.3 is 15.4 Å². The number of nitrogens with zero attached hydrogens (tertiary/aromatic N) is 1. The first-order chi connectivity index (χ1) is 9.10. The highest BCUT2D eigenvalue weighted by Crippen LogP contribution is 2.24. The molecule has 0 saturated heterocycles. The lowest BCUT2D eigenvalue weighted by molar-refractivity contribution is -0.119. The maximum atomic E-state index is 12.4. The van der Waals surface area contributed by atoms with Gasteiger partial charge in [0.1, 0.15) is 0 Å². The second kappa shape index (κ2) is 7.79. The van der Waals surface area contributed by atoms with Gasteiger partial charge in [0.25, 0.3) is 0 Å². The molecule has 4 heteroatoms. The van der Waals surface area contributed by atoms with E-state index in [9.17, 15) is 4.79 Å². The van der Waals surface area contributed by atoms with E-state index in [2.05, 4.69) is 6.92 Å². The van der Waals surface area contributed by atoms with Crippen molar-refractivity contribution in [2.24, 2.45) is 5.92 Å². The van der Waals surface area contributed by atoms with Gasteiger partial charge in [-0.25, -0.2) is 0 Å². The number of carbonyl (C=O) groups is 1. The molecule has 1 atom stereocenters. The maximum absolute atomic E-state index is 12.4. The van der Waals surface area contributed by atoms with Crippen molar-refractivity contribution in [3.63, 3.8) is 0 Å².